The van der Waals surface area contributed by atoms with Gasteiger partial charge in [0.25, 0.3) is 0 Å². The Balaban J connectivity index is 3.43. The van der Waals surface area contributed by atoms with Crippen LogP contribution in [0.5, 0.6) is 0 Å². The molecule has 0 aromatic rings. The van der Waals surface area contributed by atoms with E-state index in [2.05, 4.69) is 11.2 Å². The average molecular weight is 271 g/mol. The minimum Gasteiger partial charge on any atom is -0.350 e. The summed E-state index contributed by atoms with van der Waals surface area (Å²) in [5, 5.41) is 0. The van der Waals surface area contributed by atoms with E-state index in [4.69, 9.17) is 19.7 Å². The van der Waals surface area contributed by atoms with E-state index >= 15 is 0 Å². The molecule has 0 rings (SSSR count). The van der Waals surface area contributed by atoms with Crippen LogP contribution in [0.3, 0.4) is 0 Å². The fraction of sp³-hybridized carbons (Fsp3) is 1.00. The number of hydrogen-bond acceptors (Lipinski definition) is 5. The van der Waals surface area contributed by atoms with Gasteiger partial charge in [0.1, 0.15) is 7.58 Å². The van der Waals surface area contributed by atoms with Gasteiger partial charge in [0.05, 0.1) is 19.8 Å². The third-order valence-corrected chi connectivity index (χ3v) is 2.88. The summed E-state index contributed by atoms with van der Waals surface area (Å²) < 4.78 is 16.1. The summed E-state index contributed by atoms with van der Waals surface area (Å²) in [6, 6.07) is 0. The molecular weight excluding hydrogens is 253 g/mol. The molecule has 0 heterocycles. The Morgan fingerprint density at radius 1 is 1.27 bits per heavy atom. The first-order chi connectivity index (χ1) is 7.12. The monoisotopic (exact) mass is 271 g/mol. The van der Waals surface area contributed by atoms with Gasteiger partial charge in [-0.3, -0.25) is 0 Å². The number of ether oxygens (including phenoxy) is 2. The predicted molar refractivity (Wildman–Crippen MR) is 67.3 cm³/mol. The Morgan fingerprint density at radius 3 is 2.53 bits per heavy atom. The van der Waals surface area contributed by atoms with E-state index in [0.717, 1.165) is 14.0 Å². The normalized spacial score (nSPS) is 11.9. The molecule has 0 spiro atoms. The highest BCUT2D eigenvalue weighted by Gasteiger charge is 2.17. The maximum atomic E-state index is 5.52. The largest absolute Gasteiger partial charge is 0.350 e. The SMILES string of the molecule is CC(C)(OCCN)OCCCOP=S=S. The van der Waals surface area contributed by atoms with Gasteiger partial charge in [-0.15, -0.1) is 0 Å². The van der Waals surface area contributed by atoms with Crippen LogP contribution in [0.25, 0.3) is 0 Å². The minimum atomic E-state index is -0.566. The molecule has 0 amide bonds. The molecule has 0 aliphatic carbocycles. The first kappa shape index (κ1) is 15.6. The zero-order valence-electron chi connectivity index (χ0n) is 9.10. The van der Waals surface area contributed by atoms with E-state index in [1.54, 1.807) is 0 Å². The highest BCUT2D eigenvalue weighted by molar-refractivity contribution is 8.30. The van der Waals surface area contributed by atoms with Gasteiger partial charge in [0.15, 0.2) is 5.79 Å². The Hall–Kier alpha value is 0.580. The number of rotatable bonds is 9. The van der Waals surface area contributed by atoms with Crippen molar-refractivity contribution in [3.63, 3.8) is 0 Å². The van der Waals surface area contributed by atoms with Crippen molar-refractivity contribution in [2.45, 2.75) is 26.1 Å². The van der Waals surface area contributed by atoms with Gasteiger partial charge in [-0.2, -0.15) is 0 Å². The van der Waals surface area contributed by atoms with Crippen LogP contribution in [0.2, 0.25) is 0 Å². The van der Waals surface area contributed by atoms with Gasteiger partial charge in [0, 0.05) is 6.54 Å². The minimum absolute atomic E-state index is 0.505. The van der Waals surface area contributed by atoms with Crippen LogP contribution in [0.1, 0.15) is 20.3 Å². The van der Waals surface area contributed by atoms with E-state index < -0.39 is 5.79 Å². The van der Waals surface area contributed by atoms with E-state index in [1.165, 1.54) is 9.50 Å². The molecule has 2 N–H and O–H groups in total. The van der Waals surface area contributed by atoms with Crippen molar-refractivity contribution in [1.29, 1.82) is 0 Å². The molecule has 0 aliphatic rings. The smallest absolute Gasteiger partial charge is 0.162 e. The van der Waals surface area contributed by atoms with Crippen molar-refractivity contribution in [3.05, 3.63) is 0 Å². The average Bonchev–Trinajstić information content (AvgIpc) is 2.20. The quantitative estimate of drug-likeness (QED) is 0.391. The highest BCUT2D eigenvalue weighted by atomic mass is 32.9. The summed E-state index contributed by atoms with van der Waals surface area (Å²) in [5.41, 5.74) is 5.33. The van der Waals surface area contributed by atoms with Gasteiger partial charge in [-0.25, -0.2) is 0 Å². The Morgan fingerprint density at radius 2 is 1.93 bits per heavy atom. The van der Waals surface area contributed by atoms with Crippen LogP contribution in [-0.4, -0.2) is 32.2 Å². The van der Waals surface area contributed by atoms with Crippen LogP contribution in [0, 0.1) is 0 Å². The van der Waals surface area contributed by atoms with Gasteiger partial charge in [-0.05, 0) is 41.0 Å². The summed E-state index contributed by atoms with van der Waals surface area (Å²) in [5.74, 6) is -0.566. The Labute approximate surface area is 101 Å². The van der Waals surface area contributed by atoms with Crippen molar-refractivity contribution in [3.8, 4) is 0 Å². The van der Waals surface area contributed by atoms with E-state index in [9.17, 15) is 0 Å². The molecule has 0 fully saturated rings. The molecule has 0 aromatic heterocycles. The standard InChI is InChI=1S/C8H18NO3PS2/c1-8(2,11-7-4-9)10-5-3-6-12-13-15-14/h3-7,9H2,1-2H3. The molecule has 0 saturated heterocycles. The molecule has 90 valence electrons. The van der Waals surface area contributed by atoms with Crippen molar-refractivity contribution in [2.75, 3.05) is 26.4 Å². The molecule has 0 aliphatic heterocycles. The summed E-state index contributed by atoms with van der Waals surface area (Å²) in [4.78, 5) is 0. The van der Waals surface area contributed by atoms with Crippen LogP contribution in [-0.2, 0) is 34.7 Å². The molecule has 0 radical (unpaired) electrons. The molecule has 0 bridgehead atoms. The maximum Gasteiger partial charge on any atom is 0.162 e. The molecule has 0 unspecified atom stereocenters. The molecule has 0 atom stereocenters. The maximum absolute atomic E-state index is 5.52. The predicted octanol–water partition coefficient (Wildman–Crippen LogP) is 1.44. The topological polar surface area (TPSA) is 53.7 Å². The molecule has 4 nitrogen and oxygen atoms in total. The Kier molecular flexibility index (Phi) is 10.2. The lowest BCUT2D eigenvalue weighted by Gasteiger charge is -2.25. The third kappa shape index (κ3) is 10.9. The number of nitrogens with two attached hydrogens (primary N) is 1. The van der Waals surface area contributed by atoms with Gasteiger partial charge >= 0.3 is 0 Å². The zero-order valence-corrected chi connectivity index (χ0v) is 11.6. The lowest BCUT2D eigenvalue weighted by molar-refractivity contribution is -0.212. The van der Waals surface area contributed by atoms with Crippen molar-refractivity contribution < 1.29 is 14.0 Å². The number of hydrogen-bond donors (Lipinski definition) is 1. The molecular formula is C8H18NO3PS2. The van der Waals surface area contributed by atoms with Crippen molar-refractivity contribution >= 4 is 28.3 Å². The second-order valence-corrected chi connectivity index (χ2v) is 6.01. The van der Waals surface area contributed by atoms with Crippen LogP contribution >= 0.6 is 7.58 Å². The van der Waals surface area contributed by atoms with Gasteiger partial charge in [-0.1, -0.05) is 0 Å². The highest BCUT2D eigenvalue weighted by Crippen LogP contribution is 2.11. The summed E-state index contributed by atoms with van der Waals surface area (Å²) in [6.07, 6.45) is 0.832. The first-order valence-electron chi connectivity index (χ1n) is 4.71. The van der Waals surface area contributed by atoms with E-state index in [1.807, 2.05) is 13.8 Å². The second-order valence-electron chi connectivity index (χ2n) is 3.22. The van der Waals surface area contributed by atoms with Crippen LogP contribution < -0.4 is 5.73 Å². The zero-order chi connectivity index (χ0) is 11.6. The lowest BCUT2D eigenvalue weighted by atomic mass is 10.3. The molecule has 0 saturated carbocycles. The molecule has 7 heteroatoms. The summed E-state index contributed by atoms with van der Waals surface area (Å²) in [6.45, 7) is 6.02. The summed E-state index contributed by atoms with van der Waals surface area (Å²) in [7, 11) is 2.00. The van der Waals surface area contributed by atoms with Crippen LogP contribution in [0.4, 0.5) is 0 Å². The Bertz CT molecular complexity index is 210. The summed E-state index contributed by atoms with van der Waals surface area (Å²) >= 11 is 4.65. The second kappa shape index (κ2) is 9.78. The van der Waals surface area contributed by atoms with E-state index in [0.29, 0.717) is 26.4 Å². The third-order valence-electron chi connectivity index (χ3n) is 1.48. The van der Waals surface area contributed by atoms with Crippen molar-refractivity contribution in [1.82, 2.24) is 0 Å². The van der Waals surface area contributed by atoms with Crippen LogP contribution in [0.15, 0.2) is 0 Å². The molecule has 15 heavy (non-hydrogen) atoms. The first-order valence-corrected chi connectivity index (χ1v) is 7.87. The van der Waals surface area contributed by atoms with Gasteiger partial charge in [0.2, 0.25) is 0 Å². The van der Waals surface area contributed by atoms with Crippen molar-refractivity contribution in [2.24, 2.45) is 5.73 Å². The van der Waals surface area contributed by atoms with Gasteiger partial charge < -0.3 is 19.7 Å². The molecule has 0 aromatic carbocycles. The fourth-order valence-electron chi connectivity index (χ4n) is 0.847. The lowest BCUT2D eigenvalue weighted by Crippen LogP contribution is -2.31. The van der Waals surface area contributed by atoms with E-state index in [-0.39, 0.29) is 0 Å². The fourth-order valence-corrected chi connectivity index (χ4v) is 1.83.